The first-order valence-electron chi connectivity index (χ1n) is 10.3. The smallest absolute Gasteiger partial charge is 0.239 e. The summed E-state index contributed by atoms with van der Waals surface area (Å²) < 4.78 is 16.2. The Balaban J connectivity index is 1.54. The number of nitrogens with zero attached hydrogens (tertiary/aromatic N) is 3. The van der Waals surface area contributed by atoms with E-state index in [1.54, 1.807) is 12.1 Å². The van der Waals surface area contributed by atoms with Gasteiger partial charge in [-0.25, -0.2) is 9.37 Å². The van der Waals surface area contributed by atoms with Crippen LogP contribution in [0.2, 0.25) is 0 Å². The van der Waals surface area contributed by atoms with Crippen LogP contribution in [0.15, 0.2) is 48.8 Å². The molecular formula is C23H28FN5O. The second kappa shape index (κ2) is 8.16. The molecule has 1 amide bonds. The third-order valence-corrected chi connectivity index (χ3v) is 5.77. The van der Waals surface area contributed by atoms with Gasteiger partial charge in [-0.3, -0.25) is 9.69 Å². The molecule has 0 aliphatic carbocycles. The van der Waals surface area contributed by atoms with Gasteiger partial charge in [0, 0.05) is 37.9 Å². The summed E-state index contributed by atoms with van der Waals surface area (Å²) in [4.78, 5) is 19.9. The Morgan fingerprint density at radius 1 is 1.30 bits per heavy atom. The normalized spacial score (nSPS) is 17.9. The van der Waals surface area contributed by atoms with E-state index in [4.69, 9.17) is 0 Å². The van der Waals surface area contributed by atoms with Crippen molar-refractivity contribution in [2.45, 2.75) is 38.9 Å². The van der Waals surface area contributed by atoms with Gasteiger partial charge in [-0.2, -0.15) is 0 Å². The number of aryl methyl sites for hydroxylation is 1. The average Bonchev–Trinajstić information content (AvgIpc) is 3.16. The molecule has 2 N–H and O–H groups in total. The maximum Gasteiger partial charge on any atom is 0.239 e. The van der Waals surface area contributed by atoms with Gasteiger partial charge in [-0.1, -0.05) is 24.3 Å². The molecule has 6 nitrogen and oxygen atoms in total. The molecule has 3 aromatic rings. The first-order valence-corrected chi connectivity index (χ1v) is 10.3. The standard InChI is InChI=1S/C23H28FN5O/c1-16-7-6-11-29-19(16)14-26-22(29)23(2,3)27-21(30)20-13-25-10-12-28(20)15-17-8-4-5-9-18(17)24/h4-9,11,14,20,25H,10,12-13,15H2,1-3H3,(H,27,30)/t20-/m0/s1. The van der Waals surface area contributed by atoms with E-state index in [0.29, 0.717) is 25.2 Å². The summed E-state index contributed by atoms with van der Waals surface area (Å²) in [6, 6.07) is 10.4. The zero-order valence-electron chi connectivity index (χ0n) is 17.7. The van der Waals surface area contributed by atoms with Crippen LogP contribution in [-0.4, -0.2) is 45.9 Å². The lowest BCUT2D eigenvalue weighted by atomic mass is 10.0. The minimum Gasteiger partial charge on any atom is -0.343 e. The molecule has 7 heteroatoms. The topological polar surface area (TPSA) is 61.7 Å². The molecule has 3 heterocycles. The van der Waals surface area contributed by atoms with Gasteiger partial charge in [-0.05, 0) is 38.5 Å². The van der Waals surface area contributed by atoms with Gasteiger partial charge in [0.05, 0.1) is 17.3 Å². The fourth-order valence-corrected chi connectivity index (χ4v) is 4.11. The number of rotatable bonds is 5. The molecule has 0 spiro atoms. The van der Waals surface area contributed by atoms with Gasteiger partial charge in [0.2, 0.25) is 5.91 Å². The molecule has 0 saturated carbocycles. The summed E-state index contributed by atoms with van der Waals surface area (Å²) in [7, 11) is 0. The van der Waals surface area contributed by atoms with E-state index in [1.165, 1.54) is 6.07 Å². The highest BCUT2D eigenvalue weighted by Crippen LogP contribution is 2.23. The molecule has 2 aromatic heterocycles. The van der Waals surface area contributed by atoms with Crippen molar-refractivity contribution in [3.8, 4) is 0 Å². The Morgan fingerprint density at radius 3 is 2.90 bits per heavy atom. The quantitative estimate of drug-likeness (QED) is 0.680. The van der Waals surface area contributed by atoms with Crippen LogP contribution in [0.5, 0.6) is 0 Å². The lowest BCUT2D eigenvalue weighted by Gasteiger charge is -2.37. The Labute approximate surface area is 176 Å². The number of nitrogens with one attached hydrogen (secondary N) is 2. The summed E-state index contributed by atoms with van der Waals surface area (Å²) in [5.41, 5.74) is 2.09. The number of pyridine rings is 1. The van der Waals surface area contributed by atoms with E-state index in [0.717, 1.165) is 23.4 Å². The molecule has 1 saturated heterocycles. The van der Waals surface area contributed by atoms with Crippen molar-refractivity contribution in [3.05, 3.63) is 71.6 Å². The van der Waals surface area contributed by atoms with Crippen LogP contribution in [0.4, 0.5) is 4.39 Å². The van der Waals surface area contributed by atoms with Gasteiger partial charge in [0.25, 0.3) is 0 Å². The average molecular weight is 410 g/mol. The van der Waals surface area contributed by atoms with Gasteiger partial charge in [-0.15, -0.1) is 0 Å². The highest BCUT2D eigenvalue weighted by Gasteiger charge is 2.34. The van der Waals surface area contributed by atoms with Crippen molar-refractivity contribution in [1.29, 1.82) is 0 Å². The number of hydrogen-bond acceptors (Lipinski definition) is 4. The first-order chi connectivity index (χ1) is 14.4. The lowest BCUT2D eigenvalue weighted by Crippen LogP contribution is -2.59. The molecule has 0 bridgehead atoms. The third kappa shape index (κ3) is 3.95. The van der Waals surface area contributed by atoms with Crippen LogP contribution >= 0.6 is 0 Å². The highest BCUT2D eigenvalue weighted by molar-refractivity contribution is 5.83. The minimum absolute atomic E-state index is 0.0899. The van der Waals surface area contributed by atoms with Gasteiger partial charge in [0.15, 0.2) is 0 Å². The molecular weight excluding hydrogens is 381 g/mol. The summed E-state index contributed by atoms with van der Waals surface area (Å²) in [5, 5.41) is 6.46. The minimum atomic E-state index is -0.668. The molecule has 158 valence electrons. The Kier molecular flexibility index (Phi) is 5.58. The monoisotopic (exact) mass is 409 g/mol. The van der Waals surface area contributed by atoms with Crippen LogP contribution in [0.1, 0.15) is 30.8 Å². The maximum absolute atomic E-state index is 14.2. The van der Waals surface area contributed by atoms with E-state index in [2.05, 4.69) is 15.6 Å². The molecule has 1 atom stereocenters. The van der Waals surface area contributed by atoms with Gasteiger partial charge >= 0.3 is 0 Å². The highest BCUT2D eigenvalue weighted by atomic mass is 19.1. The van der Waals surface area contributed by atoms with E-state index in [1.807, 2.05) is 60.7 Å². The second-order valence-electron chi connectivity index (χ2n) is 8.42. The number of hydrogen-bond donors (Lipinski definition) is 2. The van der Waals surface area contributed by atoms with Gasteiger partial charge < -0.3 is 15.0 Å². The van der Waals surface area contributed by atoms with Crippen molar-refractivity contribution in [1.82, 2.24) is 24.9 Å². The van der Waals surface area contributed by atoms with E-state index in [9.17, 15) is 9.18 Å². The maximum atomic E-state index is 14.2. The van der Waals surface area contributed by atoms with Crippen LogP contribution in [-0.2, 0) is 16.9 Å². The lowest BCUT2D eigenvalue weighted by molar-refractivity contribution is -0.129. The fourth-order valence-electron chi connectivity index (χ4n) is 4.11. The van der Waals surface area contributed by atoms with Gasteiger partial charge in [0.1, 0.15) is 17.7 Å². The second-order valence-corrected chi connectivity index (χ2v) is 8.42. The molecule has 1 fully saturated rings. The number of fused-ring (bicyclic) bond motifs is 1. The van der Waals surface area contributed by atoms with Crippen LogP contribution in [0, 0.1) is 12.7 Å². The van der Waals surface area contributed by atoms with E-state index in [-0.39, 0.29) is 17.8 Å². The van der Waals surface area contributed by atoms with Crippen LogP contribution in [0.3, 0.4) is 0 Å². The summed E-state index contributed by atoms with van der Waals surface area (Å²) in [5.74, 6) is 0.446. The Bertz CT molecular complexity index is 1060. The number of halogens is 1. The predicted molar refractivity (Wildman–Crippen MR) is 115 cm³/mol. The molecule has 30 heavy (non-hydrogen) atoms. The molecule has 0 unspecified atom stereocenters. The molecule has 4 rings (SSSR count). The largest absolute Gasteiger partial charge is 0.343 e. The molecule has 1 aliphatic rings. The van der Waals surface area contributed by atoms with Crippen molar-refractivity contribution < 1.29 is 9.18 Å². The number of amides is 1. The fraction of sp³-hybridized carbons (Fsp3) is 0.391. The van der Waals surface area contributed by atoms with Crippen molar-refractivity contribution in [2.75, 3.05) is 19.6 Å². The number of carbonyl (C=O) groups excluding carboxylic acids is 1. The predicted octanol–water partition coefficient (Wildman–Crippen LogP) is 2.61. The first kappa shape index (κ1) is 20.5. The summed E-state index contributed by atoms with van der Waals surface area (Å²) in [6.07, 6.45) is 3.80. The zero-order chi connectivity index (χ0) is 21.3. The summed E-state index contributed by atoms with van der Waals surface area (Å²) in [6.45, 7) is 8.33. The van der Waals surface area contributed by atoms with Crippen LogP contribution < -0.4 is 10.6 Å². The SMILES string of the molecule is Cc1cccn2c(C(C)(C)NC(=O)[C@@H]3CNCCN3Cc3ccccc3F)ncc12. The van der Waals surface area contributed by atoms with Crippen LogP contribution in [0.25, 0.3) is 5.52 Å². The van der Waals surface area contributed by atoms with E-state index < -0.39 is 5.54 Å². The number of benzene rings is 1. The molecule has 1 aliphatic heterocycles. The summed E-state index contributed by atoms with van der Waals surface area (Å²) >= 11 is 0. The molecule has 0 radical (unpaired) electrons. The van der Waals surface area contributed by atoms with Crippen molar-refractivity contribution in [3.63, 3.8) is 0 Å². The molecule has 1 aromatic carbocycles. The zero-order valence-corrected chi connectivity index (χ0v) is 17.7. The number of piperazine rings is 1. The Morgan fingerprint density at radius 2 is 2.10 bits per heavy atom. The van der Waals surface area contributed by atoms with Crippen molar-refractivity contribution in [2.24, 2.45) is 0 Å². The van der Waals surface area contributed by atoms with Crippen molar-refractivity contribution >= 4 is 11.4 Å². The number of imidazole rings is 1. The van der Waals surface area contributed by atoms with E-state index >= 15 is 0 Å². The number of carbonyl (C=O) groups is 1. The number of aromatic nitrogens is 2. The Hall–Kier alpha value is -2.77. The third-order valence-electron chi connectivity index (χ3n) is 5.77.